The molecule has 0 fully saturated rings. The van der Waals surface area contributed by atoms with Gasteiger partial charge in [0, 0.05) is 18.8 Å². The fraction of sp³-hybridized carbons (Fsp3) is 0.333. The predicted molar refractivity (Wildman–Crippen MR) is 62.6 cm³/mol. The van der Waals surface area contributed by atoms with E-state index in [1.54, 1.807) is 4.90 Å². The number of nitrogens with zero attached hydrogens (tertiary/aromatic N) is 1. The van der Waals surface area contributed by atoms with Crippen molar-refractivity contribution >= 4 is 17.6 Å². The number of para-hydroxylation sites is 1. The fourth-order valence-electron chi connectivity index (χ4n) is 1.84. The van der Waals surface area contributed by atoms with E-state index >= 15 is 0 Å². The molecule has 1 aromatic rings. The number of rotatable bonds is 3. The Morgan fingerprint density at radius 3 is 2.94 bits per heavy atom. The number of aliphatic carboxylic acids is 1. The molecule has 1 aromatic carbocycles. The zero-order chi connectivity index (χ0) is 12.3. The van der Waals surface area contributed by atoms with Crippen LogP contribution in [-0.2, 0) is 16.1 Å². The van der Waals surface area contributed by atoms with E-state index in [-0.39, 0.29) is 25.4 Å². The fourth-order valence-corrected chi connectivity index (χ4v) is 1.84. The number of hydrogen-bond donors (Lipinski definition) is 2. The Labute approximate surface area is 99.0 Å². The maximum atomic E-state index is 11.8. The molecule has 0 saturated carbocycles. The van der Waals surface area contributed by atoms with Gasteiger partial charge in [-0.1, -0.05) is 18.2 Å². The lowest BCUT2D eigenvalue weighted by Crippen LogP contribution is -2.34. The van der Waals surface area contributed by atoms with E-state index < -0.39 is 5.97 Å². The summed E-state index contributed by atoms with van der Waals surface area (Å²) in [6.07, 6.45) is -0.0199. The number of nitrogens with one attached hydrogen (secondary N) is 1. The van der Waals surface area contributed by atoms with E-state index in [0.29, 0.717) is 6.54 Å². The highest BCUT2D eigenvalue weighted by atomic mass is 16.4. The van der Waals surface area contributed by atoms with Crippen LogP contribution in [0, 0.1) is 0 Å². The third kappa shape index (κ3) is 2.75. The van der Waals surface area contributed by atoms with Crippen LogP contribution in [0.5, 0.6) is 0 Å². The van der Waals surface area contributed by atoms with Crippen molar-refractivity contribution in [3.8, 4) is 0 Å². The van der Waals surface area contributed by atoms with E-state index in [1.165, 1.54) is 0 Å². The minimum atomic E-state index is -0.886. The highest BCUT2D eigenvalue weighted by Crippen LogP contribution is 2.20. The quantitative estimate of drug-likeness (QED) is 0.815. The summed E-state index contributed by atoms with van der Waals surface area (Å²) in [6.45, 7) is 0.941. The number of benzene rings is 1. The van der Waals surface area contributed by atoms with Crippen molar-refractivity contribution in [1.29, 1.82) is 0 Å². The summed E-state index contributed by atoms with van der Waals surface area (Å²) in [6, 6.07) is 7.67. The van der Waals surface area contributed by atoms with Crippen LogP contribution in [0.3, 0.4) is 0 Å². The van der Waals surface area contributed by atoms with Gasteiger partial charge in [-0.3, -0.25) is 9.59 Å². The molecular weight excluding hydrogens is 220 g/mol. The van der Waals surface area contributed by atoms with Crippen LogP contribution in [0.1, 0.15) is 12.0 Å². The van der Waals surface area contributed by atoms with Gasteiger partial charge in [-0.2, -0.15) is 0 Å². The van der Waals surface area contributed by atoms with Gasteiger partial charge in [0.05, 0.1) is 13.0 Å². The van der Waals surface area contributed by atoms with E-state index in [0.717, 1.165) is 11.3 Å². The average Bonchev–Trinajstić information content (AvgIpc) is 2.47. The van der Waals surface area contributed by atoms with Crippen molar-refractivity contribution in [2.45, 2.75) is 13.0 Å². The second-order valence-corrected chi connectivity index (χ2v) is 3.97. The Balaban J connectivity index is 2.12. The van der Waals surface area contributed by atoms with Gasteiger partial charge in [-0.25, -0.2) is 0 Å². The highest BCUT2D eigenvalue weighted by Gasteiger charge is 2.19. The lowest BCUT2D eigenvalue weighted by molar-refractivity contribution is -0.138. The molecule has 0 radical (unpaired) electrons. The second kappa shape index (κ2) is 4.86. The molecule has 2 N–H and O–H groups in total. The largest absolute Gasteiger partial charge is 0.481 e. The molecule has 0 unspecified atom stereocenters. The topological polar surface area (TPSA) is 69.6 Å². The van der Waals surface area contributed by atoms with Crippen LogP contribution in [0.25, 0.3) is 0 Å². The molecule has 17 heavy (non-hydrogen) atoms. The minimum Gasteiger partial charge on any atom is -0.481 e. The van der Waals surface area contributed by atoms with Gasteiger partial charge < -0.3 is 15.3 Å². The first kappa shape index (κ1) is 11.4. The van der Waals surface area contributed by atoms with Crippen molar-refractivity contribution in [2.24, 2.45) is 0 Å². The summed E-state index contributed by atoms with van der Waals surface area (Å²) < 4.78 is 0. The Morgan fingerprint density at radius 2 is 2.18 bits per heavy atom. The first-order valence-corrected chi connectivity index (χ1v) is 5.48. The number of hydrogen-bond acceptors (Lipinski definition) is 3. The molecule has 0 spiro atoms. The normalized spacial score (nSPS) is 14.8. The molecule has 90 valence electrons. The van der Waals surface area contributed by atoms with Gasteiger partial charge in [0.1, 0.15) is 0 Å². The van der Waals surface area contributed by atoms with E-state index in [2.05, 4.69) is 5.32 Å². The third-order valence-electron chi connectivity index (χ3n) is 2.76. The molecule has 0 saturated heterocycles. The first-order valence-electron chi connectivity index (χ1n) is 5.48. The highest BCUT2D eigenvalue weighted by molar-refractivity contribution is 5.83. The van der Waals surface area contributed by atoms with Gasteiger partial charge in [-0.15, -0.1) is 0 Å². The molecule has 1 amide bonds. The second-order valence-electron chi connectivity index (χ2n) is 3.97. The van der Waals surface area contributed by atoms with Gasteiger partial charge in [0.25, 0.3) is 0 Å². The third-order valence-corrected chi connectivity index (χ3v) is 2.76. The predicted octanol–water partition coefficient (Wildman–Crippen LogP) is 0.915. The number of fused-ring (bicyclic) bond motifs is 1. The number of carbonyl (C=O) groups excluding carboxylic acids is 1. The standard InChI is InChI=1S/C12H14N2O3/c15-11-7-13-10-4-2-1-3-9(10)8-14(11)6-5-12(16)17/h1-4,13H,5-8H2,(H,16,17). The lowest BCUT2D eigenvalue weighted by atomic mass is 10.1. The smallest absolute Gasteiger partial charge is 0.305 e. The summed E-state index contributed by atoms with van der Waals surface area (Å²) in [7, 11) is 0. The zero-order valence-corrected chi connectivity index (χ0v) is 9.35. The Kier molecular flexibility index (Phi) is 3.27. The molecule has 0 aromatic heterocycles. The van der Waals surface area contributed by atoms with Crippen molar-refractivity contribution in [1.82, 2.24) is 4.90 Å². The SMILES string of the molecule is O=C(O)CCN1Cc2ccccc2NCC1=O. The number of anilines is 1. The number of carbonyl (C=O) groups is 2. The summed E-state index contributed by atoms with van der Waals surface area (Å²) in [5, 5.41) is 11.7. The molecule has 5 heteroatoms. The Bertz CT molecular complexity index is 445. The van der Waals surface area contributed by atoms with Crippen LogP contribution in [0.15, 0.2) is 24.3 Å². The maximum absolute atomic E-state index is 11.8. The van der Waals surface area contributed by atoms with Crippen LogP contribution >= 0.6 is 0 Å². The molecule has 0 atom stereocenters. The first-order chi connectivity index (χ1) is 8.16. The molecule has 0 aliphatic carbocycles. The van der Waals surface area contributed by atoms with Gasteiger partial charge in [0.2, 0.25) is 5.91 Å². The Morgan fingerprint density at radius 1 is 1.41 bits per heavy atom. The number of carboxylic acid groups (broad SMARTS) is 1. The molecule has 0 bridgehead atoms. The number of carboxylic acids is 1. The Hall–Kier alpha value is -2.04. The molecule has 1 heterocycles. The van der Waals surface area contributed by atoms with Crippen LogP contribution in [0.4, 0.5) is 5.69 Å². The van der Waals surface area contributed by atoms with Gasteiger partial charge in [-0.05, 0) is 11.6 Å². The zero-order valence-electron chi connectivity index (χ0n) is 9.35. The molecule has 5 nitrogen and oxygen atoms in total. The van der Waals surface area contributed by atoms with Crippen molar-refractivity contribution in [3.05, 3.63) is 29.8 Å². The molecule has 1 aliphatic rings. The van der Waals surface area contributed by atoms with E-state index in [4.69, 9.17) is 5.11 Å². The van der Waals surface area contributed by atoms with E-state index in [1.807, 2.05) is 24.3 Å². The van der Waals surface area contributed by atoms with Crippen molar-refractivity contribution < 1.29 is 14.7 Å². The molecule has 2 rings (SSSR count). The van der Waals surface area contributed by atoms with Gasteiger partial charge in [0.15, 0.2) is 0 Å². The van der Waals surface area contributed by atoms with Crippen molar-refractivity contribution in [3.63, 3.8) is 0 Å². The average molecular weight is 234 g/mol. The van der Waals surface area contributed by atoms with Gasteiger partial charge >= 0.3 is 5.97 Å². The minimum absolute atomic E-state index is 0.0199. The monoisotopic (exact) mass is 234 g/mol. The summed E-state index contributed by atoms with van der Waals surface area (Å²) in [5.41, 5.74) is 1.96. The summed E-state index contributed by atoms with van der Waals surface area (Å²) in [4.78, 5) is 23.9. The molecular formula is C12H14N2O3. The summed E-state index contributed by atoms with van der Waals surface area (Å²) in [5.74, 6) is -0.953. The van der Waals surface area contributed by atoms with E-state index in [9.17, 15) is 9.59 Å². The maximum Gasteiger partial charge on any atom is 0.305 e. The number of amides is 1. The summed E-state index contributed by atoms with van der Waals surface area (Å²) >= 11 is 0. The van der Waals surface area contributed by atoms with Crippen LogP contribution in [0.2, 0.25) is 0 Å². The lowest BCUT2D eigenvalue weighted by Gasteiger charge is -2.19. The van der Waals surface area contributed by atoms with Crippen molar-refractivity contribution in [2.75, 3.05) is 18.4 Å². The van der Waals surface area contributed by atoms with Crippen LogP contribution < -0.4 is 5.32 Å². The molecule has 1 aliphatic heterocycles. The van der Waals surface area contributed by atoms with Crippen LogP contribution in [-0.4, -0.2) is 35.0 Å².